The van der Waals surface area contributed by atoms with Crippen molar-refractivity contribution in [2.24, 2.45) is 0 Å². The molecular weight excluding hydrogens is 322 g/mol. The van der Waals surface area contributed by atoms with Crippen molar-refractivity contribution >= 4 is 33.3 Å². The number of hydrogen-bond acceptors (Lipinski definition) is 7. The van der Waals surface area contributed by atoms with Crippen molar-refractivity contribution in [2.75, 3.05) is 5.32 Å². The molecule has 8 heteroatoms. The number of fused-ring (bicyclic) bond motifs is 1. The second kappa shape index (κ2) is 5.97. The zero-order chi connectivity index (χ0) is 16.5. The summed E-state index contributed by atoms with van der Waals surface area (Å²) in [6.07, 6.45) is 5.39. The minimum atomic E-state index is 0.361. The quantitative estimate of drug-likeness (QED) is 0.589. The highest BCUT2D eigenvalue weighted by molar-refractivity contribution is 7.15. The molecule has 120 valence electrons. The second-order valence-corrected chi connectivity index (χ2v) is 6.64. The molecule has 0 atom stereocenters. The van der Waals surface area contributed by atoms with Gasteiger partial charge in [-0.2, -0.15) is 5.10 Å². The van der Waals surface area contributed by atoms with E-state index in [-0.39, 0.29) is 0 Å². The Kier molecular flexibility index (Phi) is 3.66. The van der Waals surface area contributed by atoms with Crippen LogP contribution in [-0.4, -0.2) is 30.4 Å². The average molecular weight is 337 g/mol. The third-order valence-corrected chi connectivity index (χ3v) is 4.70. The Morgan fingerprint density at radius 2 is 2.08 bits per heavy atom. The molecule has 0 spiro atoms. The number of hydrogen-bond donors (Lipinski definition) is 2. The summed E-state index contributed by atoms with van der Waals surface area (Å²) in [4.78, 5) is 9.09. The van der Waals surface area contributed by atoms with Crippen molar-refractivity contribution in [1.29, 1.82) is 0 Å². The summed E-state index contributed by atoms with van der Waals surface area (Å²) < 4.78 is 0. The van der Waals surface area contributed by atoms with Gasteiger partial charge in [-0.05, 0) is 18.2 Å². The maximum atomic E-state index is 4.70. The Labute approximate surface area is 142 Å². The standard InChI is InChI=1S/C16H15N7S/c1-9(2)15-22-23-16(24-15)21-13-4-3-12-14(20-13)11(5-6-17-12)10-7-18-19-8-10/h3-9H,1-2H3,(H,18,19)(H,20,21,23). The molecule has 4 aromatic rings. The predicted octanol–water partition coefficient (Wildman–Crippen LogP) is 3.74. The zero-order valence-corrected chi connectivity index (χ0v) is 14.0. The fraction of sp³-hybridized carbons (Fsp3) is 0.188. The lowest BCUT2D eigenvalue weighted by Gasteiger charge is -2.06. The predicted molar refractivity (Wildman–Crippen MR) is 94.4 cm³/mol. The lowest BCUT2D eigenvalue weighted by Crippen LogP contribution is -1.95. The van der Waals surface area contributed by atoms with E-state index in [2.05, 4.69) is 44.5 Å². The van der Waals surface area contributed by atoms with Gasteiger partial charge in [0.1, 0.15) is 10.8 Å². The molecule has 4 heterocycles. The third kappa shape index (κ3) is 2.71. The topological polar surface area (TPSA) is 92.3 Å². The largest absolute Gasteiger partial charge is 0.315 e. The van der Waals surface area contributed by atoms with Crippen molar-refractivity contribution in [1.82, 2.24) is 30.4 Å². The Bertz CT molecular complexity index is 975. The molecule has 0 bridgehead atoms. The average Bonchev–Trinajstić information content (AvgIpc) is 3.26. The van der Waals surface area contributed by atoms with Crippen molar-refractivity contribution < 1.29 is 0 Å². The molecule has 0 aromatic carbocycles. The number of pyridine rings is 2. The van der Waals surface area contributed by atoms with E-state index in [1.165, 1.54) is 11.3 Å². The molecule has 0 aliphatic carbocycles. The number of H-pyrrole nitrogens is 1. The van der Waals surface area contributed by atoms with Crippen molar-refractivity contribution in [3.63, 3.8) is 0 Å². The first-order valence-corrected chi connectivity index (χ1v) is 8.37. The number of aromatic nitrogens is 6. The second-order valence-electron chi connectivity index (χ2n) is 5.63. The monoisotopic (exact) mass is 337 g/mol. The van der Waals surface area contributed by atoms with Gasteiger partial charge in [0.15, 0.2) is 0 Å². The molecule has 0 unspecified atom stereocenters. The first-order chi connectivity index (χ1) is 11.7. The number of rotatable bonds is 4. The Hall–Kier alpha value is -2.87. The van der Waals surface area contributed by atoms with Crippen LogP contribution in [-0.2, 0) is 0 Å². The molecule has 7 nitrogen and oxygen atoms in total. The molecule has 24 heavy (non-hydrogen) atoms. The highest BCUT2D eigenvalue weighted by atomic mass is 32.1. The van der Waals surface area contributed by atoms with E-state index >= 15 is 0 Å². The molecule has 0 saturated heterocycles. The molecule has 0 aliphatic heterocycles. The first kappa shape index (κ1) is 14.7. The molecule has 4 aromatic heterocycles. The number of nitrogens with one attached hydrogen (secondary N) is 2. The van der Waals surface area contributed by atoms with Crippen LogP contribution in [0.15, 0.2) is 36.8 Å². The molecule has 0 amide bonds. The molecule has 0 fully saturated rings. The summed E-state index contributed by atoms with van der Waals surface area (Å²) >= 11 is 1.54. The van der Waals surface area contributed by atoms with Crippen LogP contribution in [0.5, 0.6) is 0 Å². The van der Waals surface area contributed by atoms with Crippen molar-refractivity contribution in [2.45, 2.75) is 19.8 Å². The van der Waals surface area contributed by atoms with Crippen molar-refractivity contribution in [3.8, 4) is 11.1 Å². The van der Waals surface area contributed by atoms with Crippen LogP contribution >= 0.6 is 11.3 Å². The van der Waals surface area contributed by atoms with Crippen LogP contribution in [0.1, 0.15) is 24.8 Å². The number of nitrogens with zero attached hydrogens (tertiary/aromatic N) is 5. The SMILES string of the molecule is CC(C)c1nnc(Nc2ccc3nccc(-c4cn[nH]c4)c3n2)s1. The van der Waals surface area contributed by atoms with Gasteiger partial charge in [-0.3, -0.25) is 10.1 Å². The highest BCUT2D eigenvalue weighted by Crippen LogP contribution is 2.28. The fourth-order valence-electron chi connectivity index (χ4n) is 2.35. The van der Waals surface area contributed by atoms with Gasteiger partial charge in [0.05, 0.1) is 17.2 Å². The Morgan fingerprint density at radius 1 is 1.17 bits per heavy atom. The molecular formula is C16H15N7S. The van der Waals surface area contributed by atoms with E-state index in [0.29, 0.717) is 11.7 Å². The van der Waals surface area contributed by atoms with Gasteiger partial charge in [0, 0.05) is 29.4 Å². The first-order valence-electron chi connectivity index (χ1n) is 7.56. The van der Waals surface area contributed by atoms with Gasteiger partial charge in [-0.25, -0.2) is 4.98 Å². The van der Waals surface area contributed by atoms with E-state index in [1.807, 2.05) is 24.4 Å². The van der Waals surface area contributed by atoms with Gasteiger partial charge in [-0.1, -0.05) is 25.2 Å². The zero-order valence-electron chi connectivity index (χ0n) is 13.2. The fourth-order valence-corrected chi connectivity index (χ4v) is 3.11. The van der Waals surface area contributed by atoms with E-state index in [0.717, 1.165) is 32.3 Å². The summed E-state index contributed by atoms with van der Waals surface area (Å²) in [5.74, 6) is 1.08. The van der Waals surface area contributed by atoms with Gasteiger partial charge in [0.2, 0.25) is 5.13 Å². The summed E-state index contributed by atoms with van der Waals surface area (Å²) in [5, 5.41) is 20.2. The minimum Gasteiger partial charge on any atom is -0.315 e. The summed E-state index contributed by atoms with van der Waals surface area (Å²) in [7, 11) is 0. The van der Waals surface area contributed by atoms with E-state index in [9.17, 15) is 0 Å². The Morgan fingerprint density at radius 3 is 2.83 bits per heavy atom. The number of anilines is 2. The van der Waals surface area contributed by atoms with Crippen LogP contribution in [0.2, 0.25) is 0 Å². The van der Waals surface area contributed by atoms with Crippen LogP contribution in [0, 0.1) is 0 Å². The molecule has 0 aliphatic rings. The lowest BCUT2D eigenvalue weighted by atomic mass is 10.1. The number of aromatic amines is 1. The summed E-state index contributed by atoms with van der Waals surface area (Å²) in [5.41, 5.74) is 3.61. The third-order valence-electron chi connectivity index (χ3n) is 3.56. The highest BCUT2D eigenvalue weighted by Gasteiger charge is 2.11. The Balaban J connectivity index is 1.73. The normalized spacial score (nSPS) is 11.3. The maximum Gasteiger partial charge on any atom is 0.211 e. The van der Waals surface area contributed by atoms with E-state index < -0.39 is 0 Å². The van der Waals surface area contributed by atoms with Gasteiger partial charge < -0.3 is 5.32 Å². The van der Waals surface area contributed by atoms with Gasteiger partial charge in [0.25, 0.3) is 0 Å². The summed E-state index contributed by atoms with van der Waals surface area (Å²) in [6.45, 7) is 4.20. The smallest absolute Gasteiger partial charge is 0.211 e. The minimum absolute atomic E-state index is 0.361. The van der Waals surface area contributed by atoms with Crippen LogP contribution in [0.25, 0.3) is 22.2 Å². The molecule has 0 saturated carbocycles. The van der Waals surface area contributed by atoms with Gasteiger partial charge >= 0.3 is 0 Å². The van der Waals surface area contributed by atoms with Crippen molar-refractivity contribution in [3.05, 3.63) is 41.8 Å². The van der Waals surface area contributed by atoms with E-state index in [1.54, 1.807) is 12.4 Å². The van der Waals surface area contributed by atoms with Gasteiger partial charge in [-0.15, -0.1) is 10.2 Å². The van der Waals surface area contributed by atoms with Crippen LogP contribution in [0.3, 0.4) is 0 Å². The summed E-state index contributed by atoms with van der Waals surface area (Å²) in [6, 6.07) is 5.77. The van der Waals surface area contributed by atoms with Crippen LogP contribution < -0.4 is 5.32 Å². The molecule has 2 N–H and O–H groups in total. The van der Waals surface area contributed by atoms with E-state index in [4.69, 9.17) is 4.98 Å². The van der Waals surface area contributed by atoms with Crippen LogP contribution in [0.4, 0.5) is 10.9 Å². The molecule has 4 rings (SSSR count). The maximum absolute atomic E-state index is 4.70. The molecule has 0 radical (unpaired) electrons. The lowest BCUT2D eigenvalue weighted by molar-refractivity contribution is 0.825.